The predicted octanol–water partition coefficient (Wildman–Crippen LogP) is 9.41. The van der Waals surface area contributed by atoms with Gasteiger partial charge in [0.15, 0.2) is 0 Å². The minimum absolute atomic E-state index is 0.0234. The van der Waals surface area contributed by atoms with Crippen LogP contribution in [0.15, 0.2) is 46.4 Å². The highest BCUT2D eigenvalue weighted by atomic mass is 14.8. The van der Waals surface area contributed by atoms with Gasteiger partial charge in [0.25, 0.3) is 0 Å². The average Bonchev–Trinajstić information content (AvgIpc) is 2.65. The minimum Gasteiger partial charge on any atom is -0.252 e. The van der Waals surface area contributed by atoms with Crippen molar-refractivity contribution in [2.75, 3.05) is 0 Å². The smallest absolute Gasteiger partial charge is 0.0702 e. The van der Waals surface area contributed by atoms with E-state index in [0.717, 1.165) is 22.8 Å². The summed E-state index contributed by atoms with van der Waals surface area (Å²) in [7, 11) is 0. The molecule has 0 aromatic heterocycles. The number of para-hydroxylation sites is 1. The molecular formula is C30H44N2. The lowest BCUT2D eigenvalue weighted by Crippen LogP contribution is -2.15. The van der Waals surface area contributed by atoms with Crippen LogP contribution in [0.1, 0.15) is 117 Å². The molecule has 32 heavy (non-hydrogen) atoms. The highest BCUT2D eigenvalue weighted by Gasteiger charge is 2.22. The zero-order valence-electron chi connectivity index (χ0n) is 22.5. The topological polar surface area (TPSA) is 24.7 Å². The van der Waals surface area contributed by atoms with Crippen LogP contribution < -0.4 is 0 Å². The summed E-state index contributed by atoms with van der Waals surface area (Å²) in [5.74, 6) is 0.849. The van der Waals surface area contributed by atoms with Gasteiger partial charge in [-0.1, -0.05) is 99.6 Å². The number of aliphatic imine (C=N–C) groups is 2. The molecule has 0 atom stereocenters. The van der Waals surface area contributed by atoms with Crippen molar-refractivity contribution >= 4 is 22.8 Å². The van der Waals surface area contributed by atoms with Crippen molar-refractivity contribution in [2.24, 2.45) is 9.98 Å². The molecule has 0 saturated carbocycles. The summed E-state index contributed by atoms with van der Waals surface area (Å²) in [6.45, 7) is 26.6. The van der Waals surface area contributed by atoms with E-state index in [0.29, 0.717) is 11.8 Å². The predicted molar refractivity (Wildman–Crippen MR) is 144 cm³/mol. The first-order valence-corrected chi connectivity index (χ1v) is 12.0. The van der Waals surface area contributed by atoms with Crippen molar-refractivity contribution in [2.45, 2.75) is 106 Å². The van der Waals surface area contributed by atoms with Crippen LogP contribution in [-0.2, 0) is 10.8 Å². The molecule has 0 radical (unpaired) electrons. The highest BCUT2D eigenvalue weighted by molar-refractivity contribution is 6.41. The summed E-state index contributed by atoms with van der Waals surface area (Å²) in [6.07, 6.45) is 0. The monoisotopic (exact) mass is 432 g/mol. The molecule has 0 fully saturated rings. The summed E-state index contributed by atoms with van der Waals surface area (Å²) in [6, 6.07) is 13.3. The van der Waals surface area contributed by atoms with Gasteiger partial charge in [-0.2, -0.15) is 0 Å². The second-order valence-electron chi connectivity index (χ2n) is 11.7. The van der Waals surface area contributed by atoms with E-state index in [1.54, 1.807) is 0 Å². The molecule has 0 bridgehead atoms. The maximum absolute atomic E-state index is 5.15. The molecule has 0 saturated heterocycles. The van der Waals surface area contributed by atoms with Gasteiger partial charge >= 0.3 is 0 Å². The normalized spacial score (nSPS) is 13.9. The molecule has 2 aromatic carbocycles. The maximum atomic E-state index is 5.15. The summed E-state index contributed by atoms with van der Waals surface area (Å²) in [4.78, 5) is 10.3. The average molecular weight is 433 g/mol. The number of benzene rings is 2. The first-order chi connectivity index (χ1) is 14.6. The molecule has 2 nitrogen and oxygen atoms in total. The van der Waals surface area contributed by atoms with Gasteiger partial charge < -0.3 is 0 Å². The molecule has 0 aliphatic carbocycles. The van der Waals surface area contributed by atoms with Gasteiger partial charge in [0, 0.05) is 0 Å². The quantitative estimate of drug-likeness (QED) is 0.420. The molecule has 0 aliphatic rings. The molecule has 0 aliphatic heterocycles. The lowest BCUT2D eigenvalue weighted by molar-refractivity contribution is 0.578. The van der Waals surface area contributed by atoms with Crippen molar-refractivity contribution in [3.63, 3.8) is 0 Å². The Labute approximate surface area is 197 Å². The zero-order valence-corrected chi connectivity index (χ0v) is 22.5. The van der Waals surface area contributed by atoms with Crippen LogP contribution in [0.5, 0.6) is 0 Å². The Morgan fingerprint density at radius 2 is 1.19 bits per heavy atom. The zero-order chi connectivity index (χ0) is 24.4. The Morgan fingerprint density at radius 1 is 0.688 bits per heavy atom. The number of rotatable bonds is 5. The van der Waals surface area contributed by atoms with Gasteiger partial charge in [0.05, 0.1) is 22.8 Å². The molecule has 0 amide bonds. The standard InChI is InChI=1S/C30H44N2/c1-19(2)24-14-13-15-25(20(3)4)28(24)32-22(6)21(5)31-27-18-23(29(7,8)9)16-17-26(27)30(10,11)12/h13-20H,1-12H3. The lowest BCUT2D eigenvalue weighted by Gasteiger charge is -2.25. The van der Waals surface area contributed by atoms with E-state index < -0.39 is 0 Å². The summed E-state index contributed by atoms with van der Waals surface area (Å²) in [5.41, 5.74) is 9.39. The molecule has 0 N–H and O–H groups in total. The van der Waals surface area contributed by atoms with Gasteiger partial charge in [-0.15, -0.1) is 0 Å². The second-order valence-corrected chi connectivity index (χ2v) is 11.7. The summed E-state index contributed by atoms with van der Waals surface area (Å²) in [5, 5.41) is 0. The largest absolute Gasteiger partial charge is 0.252 e. The van der Waals surface area contributed by atoms with Crippen molar-refractivity contribution in [3.8, 4) is 0 Å². The van der Waals surface area contributed by atoms with Crippen LogP contribution in [0.25, 0.3) is 0 Å². The minimum atomic E-state index is 0.0234. The molecular weight excluding hydrogens is 388 g/mol. The molecule has 2 rings (SSSR count). The third-order valence-electron chi connectivity index (χ3n) is 6.11. The molecule has 0 spiro atoms. The molecule has 0 unspecified atom stereocenters. The Bertz CT molecular complexity index is 980. The van der Waals surface area contributed by atoms with Gasteiger partial charge in [-0.25, -0.2) is 0 Å². The van der Waals surface area contributed by atoms with Crippen LogP contribution in [0.4, 0.5) is 11.4 Å². The molecule has 2 heteroatoms. The van der Waals surface area contributed by atoms with E-state index in [-0.39, 0.29) is 10.8 Å². The maximum Gasteiger partial charge on any atom is 0.0702 e. The molecule has 2 aromatic rings. The second kappa shape index (κ2) is 9.73. The van der Waals surface area contributed by atoms with Crippen molar-refractivity contribution in [1.29, 1.82) is 0 Å². The van der Waals surface area contributed by atoms with Crippen LogP contribution in [0.2, 0.25) is 0 Å². The van der Waals surface area contributed by atoms with E-state index in [2.05, 4.69) is 119 Å². The first kappa shape index (κ1) is 26.0. The van der Waals surface area contributed by atoms with E-state index in [1.165, 1.54) is 22.3 Å². The Kier molecular flexibility index (Phi) is 7.92. The Hall–Kier alpha value is -2.22. The summed E-state index contributed by atoms with van der Waals surface area (Å²) >= 11 is 0. The van der Waals surface area contributed by atoms with Crippen LogP contribution >= 0.6 is 0 Å². The van der Waals surface area contributed by atoms with Gasteiger partial charge in [0.2, 0.25) is 0 Å². The van der Waals surface area contributed by atoms with Crippen molar-refractivity contribution < 1.29 is 0 Å². The first-order valence-electron chi connectivity index (χ1n) is 12.0. The SMILES string of the molecule is CC(=Nc1cc(C(C)(C)C)ccc1C(C)(C)C)C(C)=Nc1c(C(C)C)cccc1C(C)C. The van der Waals surface area contributed by atoms with Crippen LogP contribution in [-0.4, -0.2) is 11.4 Å². The number of hydrogen-bond donors (Lipinski definition) is 0. The fourth-order valence-corrected chi connectivity index (χ4v) is 3.88. The van der Waals surface area contributed by atoms with Gasteiger partial charge in [0.1, 0.15) is 0 Å². The van der Waals surface area contributed by atoms with Crippen molar-refractivity contribution in [3.05, 3.63) is 58.7 Å². The van der Waals surface area contributed by atoms with E-state index in [4.69, 9.17) is 9.98 Å². The van der Waals surface area contributed by atoms with E-state index in [1.807, 2.05) is 0 Å². The molecule has 0 heterocycles. The lowest BCUT2D eigenvalue weighted by atomic mass is 9.81. The fourth-order valence-electron chi connectivity index (χ4n) is 3.88. The third-order valence-corrected chi connectivity index (χ3v) is 6.11. The van der Waals surface area contributed by atoms with E-state index in [9.17, 15) is 0 Å². The Balaban J connectivity index is 2.65. The van der Waals surface area contributed by atoms with E-state index >= 15 is 0 Å². The number of nitrogens with zero attached hydrogens (tertiary/aromatic N) is 2. The summed E-state index contributed by atoms with van der Waals surface area (Å²) < 4.78 is 0. The molecule has 174 valence electrons. The fraction of sp³-hybridized carbons (Fsp3) is 0.533. The van der Waals surface area contributed by atoms with Crippen LogP contribution in [0.3, 0.4) is 0 Å². The highest BCUT2D eigenvalue weighted by Crippen LogP contribution is 2.37. The van der Waals surface area contributed by atoms with Gasteiger partial charge in [-0.05, 0) is 64.8 Å². The van der Waals surface area contributed by atoms with Crippen LogP contribution in [0, 0.1) is 0 Å². The third kappa shape index (κ3) is 6.18. The van der Waals surface area contributed by atoms with Gasteiger partial charge in [-0.3, -0.25) is 9.98 Å². The van der Waals surface area contributed by atoms with Crippen molar-refractivity contribution in [1.82, 2.24) is 0 Å². The Morgan fingerprint density at radius 3 is 1.62 bits per heavy atom. The number of hydrogen-bond acceptors (Lipinski definition) is 2.